The molecule has 3 rings (SSSR count). The van der Waals surface area contributed by atoms with Crippen molar-refractivity contribution in [3.05, 3.63) is 33.8 Å². The summed E-state index contributed by atoms with van der Waals surface area (Å²) in [5.74, 6) is -0.104. The first kappa shape index (κ1) is 20.7. The van der Waals surface area contributed by atoms with Crippen LogP contribution in [-0.2, 0) is 9.47 Å². The van der Waals surface area contributed by atoms with Gasteiger partial charge in [-0.1, -0.05) is 0 Å². The lowest BCUT2D eigenvalue weighted by atomic mass is 10.2. The molecule has 2 aromatic rings. The number of ether oxygens (including phenoxy) is 2. The third-order valence-electron chi connectivity index (χ3n) is 3.72. The molecule has 1 aromatic heterocycles. The highest BCUT2D eigenvalue weighted by atomic mass is 127. The first-order valence-electron chi connectivity index (χ1n) is 8.35. The van der Waals surface area contributed by atoms with Crippen molar-refractivity contribution in [2.45, 2.75) is 32.5 Å². The zero-order chi connectivity index (χ0) is 20.5. The minimum Gasteiger partial charge on any atom is -0.443 e. The Morgan fingerprint density at radius 1 is 1.50 bits per heavy atom. The van der Waals surface area contributed by atoms with E-state index in [0.29, 0.717) is 15.1 Å². The quantitative estimate of drug-likeness (QED) is 0.566. The summed E-state index contributed by atoms with van der Waals surface area (Å²) in [6.45, 7) is 5.46. The van der Waals surface area contributed by atoms with E-state index >= 15 is 0 Å². The highest BCUT2D eigenvalue weighted by Gasteiger charge is 2.36. The minimum atomic E-state index is -0.699. The van der Waals surface area contributed by atoms with Gasteiger partial charge in [0.05, 0.1) is 36.7 Å². The standard InChI is InChI=1S/C17H18FIN4O4S/c1-17(2,3)27-16(25)23(14-7-20-28-21-14)9-11-8-22(15(24)26-11)10-4-5-13(19)12(18)6-10/h4-7,11H,8-9H2,1-3H3/t11-/m1/s1. The van der Waals surface area contributed by atoms with E-state index in [1.165, 1.54) is 22.1 Å². The molecule has 1 aromatic carbocycles. The van der Waals surface area contributed by atoms with Gasteiger partial charge in [0, 0.05) is 3.57 Å². The summed E-state index contributed by atoms with van der Waals surface area (Å²) in [6.07, 6.45) is -0.414. The number of hydrogen-bond acceptors (Lipinski definition) is 7. The van der Waals surface area contributed by atoms with Gasteiger partial charge in [0.2, 0.25) is 0 Å². The maximum Gasteiger partial charge on any atom is 0.416 e. The fraction of sp³-hybridized carbons (Fsp3) is 0.412. The van der Waals surface area contributed by atoms with Gasteiger partial charge < -0.3 is 9.47 Å². The Morgan fingerprint density at radius 2 is 2.25 bits per heavy atom. The topological polar surface area (TPSA) is 84.9 Å². The summed E-state index contributed by atoms with van der Waals surface area (Å²) in [7, 11) is 0. The lowest BCUT2D eigenvalue weighted by Gasteiger charge is -2.27. The molecule has 2 heterocycles. The number of hydrogen-bond donors (Lipinski definition) is 0. The van der Waals surface area contributed by atoms with Crippen LogP contribution in [0.2, 0.25) is 0 Å². The molecular formula is C17H18FIN4O4S. The van der Waals surface area contributed by atoms with Crippen molar-refractivity contribution >= 4 is 58.0 Å². The van der Waals surface area contributed by atoms with Crippen molar-refractivity contribution in [3.63, 3.8) is 0 Å². The van der Waals surface area contributed by atoms with E-state index in [9.17, 15) is 14.0 Å². The van der Waals surface area contributed by atoms with Crippen molar-refractivity contribution in [3.8, 4) is 0 Å². The average molecular weight is 520 g/mol. The molecule has 150 valence electrons. The fourth-order valence-corrected chi connectivity index (χ4v) is 3.29. The Kier molecular flexibility index (Phi) is 6.03. The first-order valence-corrected chi connectivity index (χ1v) is 10.2. The van der Waals surface area contributed by atoms with Gasteiger partial charge in [-0.15, -0.1) is 0 Å². The van der Waals surface area contributed by atoms with Crippen LogP contribution in [0.4, 0.5) is 25.5 Å². The predicted octanol–water partition coefficient (Wildman–Crippen LogP) is 4.05. The van der Waals surface area contributed by atoms with Crippen LogP contribution in [0.1, 0.15) is 20.8 Å². The number of carbonyl (C=O) groups is 2. The van der Waals surface area contributed by atoms with E-state index in [1.807, 2.05) is 22.6 Å². The number of aromatic nitrogens is 2. The lowest BCUT2D eigenvalue weighted by molar-refractivity contribution is 0.0557. The summed E-state index contributed by atoms with van der Waals surface area (Å²) in [6, 6.07) is 4.51. The number of halogens is 2. The third-order valence-corrected chi connectivity index (χ3v) is 5.06. The molecule has 1 fully saturated rings. The number of benzene rings is 1. The number of amides is 2. The Labute approximate surface area is 179 Å². The van der Waals surface area contributed by atoms with Gasteiger partial charge in [-0.05, 0) is 61.6 Å². The van der Waals surface area contributed by atoms with E-state index in [2.05, 4.69) is 8.75 Å². The summed E-state index contributed by atoms with van der Waals surface area (Å²) in [5, 5.41) is 0. The molecule has 1 aliphatic heterocycles. The number of rotatable bonds is 4. The molecule has 0 spiro atoms. The van der Waals surface area contributed by atoms with Crippen LogP contribution in [0.5, 0.6) is 0 Å². The summed E-state index contributed by atoms with van der Waals surface area (Å²) >= 11 is 2.83. The molecule has 1 aliphatic rings. The monoisotopic (exact) mass is 520 g/mol. The molecule has 0 N–H and O–H groups in total. The Hall–Kier alpha value is -2.02. The van der Waals surface area contributed by atoms with E-state index in [4.69, 9.17) is 9.47 Å². The largest absolute Gasteiger partial charge is 0.443 e. The zero-order valence-corrected chi connectivity index (χ0v) is 18.4. The number of nitrogens with zero attached hydrogens (tertiary/aromatic N) is 4. The van der Waals surface area contributed by atoms with Crippen molar-refractivity contribution in [2.24, 2.45) is 0 Å². The predicted molar refractivity (Wildman–Crippen MR) is 110 cm³/mol. The molecule has 28 heavy (non-hydrogen) atoms. The molecular weight excluding hydrogens is 502 g/mol. The Morgan fingerprint density at radius 3 is 2.86 bits per heavy atom. The molecule has 1 atom stereocenters. The summed E-state index contributed by atoms with van der Waals surface area (Å²) < 4.78 is 33.1. The molecule has 11 heteroatoms. The van der Waals surface area contributed by atoms with Crippen LogP contribution in [0.25, 0.3) is 0 Å². The molecule has 0 aliphatic carbocycles. The second-order valence-corrected chi connectivity index (χ2v) is 8.79. The fourth-order valence-electron chi connectivity index (χ4n) is 2.54. The van der Waals surface area contributed by atoms with Gasteiger partial charge in [-0.3, -0.25) is 9.80 Å². The maximum atomic E-state index is 13.8. The second kappa shape index (κ2) is 8.15. The van der Waals surface area contributed by atoms with E-state index in [1.54, 1.807) is 32.9 Å². The van der Waals surface area contributed by atoms with Gasteiger partial charge in [0.15, 0.2) is 5.82 Å². The van der Waals surface area contributed by atoms with Crippen LogP contribution in [0, 0.1) is 9.39 Å². The van der Waals surface area contributed by atoms with Crippen LogP contribution >= 0.6 is 34.3 Å². The SMILES string of the molecule is CC(C)(C)OC(=O)N(C[C@H]1CN(c2ccc(I)c(F)c2)C(=O)O1)c1cnsn1. The maximum absolute atomic E-state index is 13.8. The summed E-state index contributed by atoms with van der Waals surface area (Å²) in [4.78, 5) is 27.5. The molecule has 2 amide bonds. The highest BCUT2D eigenvalue weighted by Crippen LogP contribution is 2.26. The van der Waals surface area contributed by atoms with Gasteiger partial charge in [0.25, 0.3) is 0 Å². The van der Waals surface area contributed by atoms with E-state index in [0.717, 1.165) is 11.7 Å². The Bertz CT molecular complexity index is 875. The van der Waals surface area contributed by atoms with Gasteiger partial charge in [-0.25, -0.2) is 14.0 Å². The molecule has 8 nitrogen and oxygen atoms in total. The molecule has 0 bridgehead atoms. The number of carbonyl (C=O) groups excluding carboxylic acids is 2. The normalized spacial score (nSPS) is 16.8. The van der Waals surface area contributed by atoms with E-state index < -0.39 is 29.7 Å². The smallest absolute Gasteiger partial charge is 0.416 e. The number of anilines is 2. The van der Waals surface area contributed by atoms with Crippen molar-refractivity contribution in [2.75, 3.05) is 22.9 Å². The molecule has 0 unspecified atom stereocenters. The zero-order valence-electron chi connectivity index (χ0n) is 15.4. The Balaban J connectivity index is 1.75. The van der Waals surface area contributed by atoms with Gasteiger partial charge in [0.1, 0.15) is 17.5 Å². The van der Waals surface area contributed by atoms with Crippen molar-refractivity contribution in [1.29, 1.82) is 0 Å². The molecule has 1 saturated heterocycles. The number of cyclic esters (lactones) is 1. The average Bonchev–Trinajstić information content (AvgIpc) is 3.23. The van der Waals surface area contributed by atoms with Crippen molar-refractivity contribution < 1.29 is 23.5 Å². The van der Waals surface area contributed by atoms with Crippen LogP contribution in [-0.4, -0.2) is 45.7 Å². The van der Waals surface area contributed by atoms with Crippen LogP contribution in [0.3, 0.4) is 0 Å². The third kappa shape index (κ3) is 4.87. The van der Waals surface area contributed by atoms with E-state index in [-0.39, 0.29) is 13.1 Å². The first-order chi connectivity index (χ1) is 13.1. The van der Waals surface area contributed by atoms with Crippen LogP contribution in [0.15, 0.2) is 24.4 Å². The highest BCUT2D eigenvalue weighted by molar-refractivity contribution is 14.1. The summed E-state index contributed by atoms with van der Waals surface area (Å²) in [5.41, 5.74) is -0.305. The lowest BCUT2D eigenvalue weighted by Crippen LogP contribution is -2.42. The van der Waals surface area contributed by atoms with Crippen molar-refractivity contribution in [1.82, 2.24) is 8.75 Å². The minimum absolute atomic E-state index is 0.0371. The molecule has 0 radical (unpaired) electrons. The molecule has 0 saturated carbocycles. The second-order valence-electron chi connectivity index (χ2n) is 7.07. The van der Waals surface area contributed by atoms with Gasteiger partial charge >= 0.3 is 12.2 Å². The van der Waals surface area contributed by atoms with Gasteiger partial charge in [-0.2, -0.15) is 8.75 Å². The van der Waals surface area contributed by atoms with Crippen LogP contribution < -0.4 is 9.80 Å².